The van der Waals surface area contributed by atoms with Crippen molar-refractivity contribution in [2.45, 2.75) is 26.4 Å². The second-order valence-electron chi connectivity index (χ2n) is 4.36. The van der Waals surface area contributed by atoms with Gasteiger partial charge in [-0.25, -0.2) is 4.39 Å². The molecule has 0 saturated heterocycles. The van der Waals surface area contributed by atoms with Gasteiger partial charge in [-0.1, -0.05) is 30.1 Å². The second-order valence-corrected chi connectivity index (χ2v) is 5.17. The lowest BCUT2D eigenvalue weighted by Gasteiger charge is -2.09. The van der Waals surface area contributed by atoms with Crippen molar-refractivity contribution in [2.24, 2.45) is 0 Å². The average Bonchev–Trinajstić information content (AvgIpc) is 2.76. The van der Waals surface area contributed by atoms with Crippen molar-refractivity contribution >= 4 is 28.9 Å². The summed E-state index contributed by atoms with van der Waals surface area (Å²) in [6, 6.07) is 4.53. The van der Waals surface area contributed by atoms with E-state index >= 15 is 0 Å². The number of halogens is 3. The van der Waals surface area contributed by atoms with E-state index in [-0.39, 0.29) is 10.0 Å². The Morgan fingerprint density at radius 3 is 2.58 bits per heavy atom. The van der Waals surface area contributed by atoms with E-state index in [1.165, 1.54) is 12.1 Å². The zero-order valence-electron chi connectivity index (χ0n) is 10.6. The molecule has 0 bridgehead atoms. The Labute approximate surface area is 122 Å². The Bertz CT molecular complexity index is 543. The van der Waals surface area contributed by atoms with Crippen molar-refractivity contribution in [3.63, 3.8) is 0 Å². The van der Waals surface area contributed by atoms with Gasteiger partial charge in [0, 0.05) is 25.5 Å². The minimum absolute atomic E-state index is 0.290. The summed E-state index contributed by atoms with van der Waals surface area (Å²) in [6.07, 6.45) is 5.20. The van der Waals surface area contributed by atoms with E-state index < -0.39 is 5.82 Å². The molecule has 1 aromatic heterocycles. The van der Waals surface area contributed by atoms with E-state index in [4.69, 9.17) is 23.2 Å². The minimum atomic E-state index is -0.436. The normalized spacial score (nSPS) is 10.7. The summed E-state index contributed by atoms with van der Waals surface area (Å²) in [4.78, 5) is 0. The summed E-state index contributed by atoms with van der Waals surface area (Å²) in [5.41, 5.74) is 1.69. The Hall–Kier alpha value is -1.19. The Morgan fingerprint density at radius 1 is 1.26 bits per heavy atom. The SMILES string of the molecule is CCCn1ccc(CNc2c(Cl)cc(F)cc2Cl)c1. The van der Waals surface area contributed by atoms with Gasteiger partial charge in [0.05, 0.1) is 15.7 Å². The molecule has 0 aliphatic carbocycles. The number of rotatable bonds is 5. The predicted molar refractivity (Wildman–Crippen MR) is 78.5 cm³/mol. The highest BCUT2D eigenvalue weighted by molar-refractivity contribution is 6.39. The van der Waals surface area contributed by atoms with Crippen LogP contribution in [0.1, 0.15) is 18.9 Å². The first kappa shape index (κ1) is 14.2. The van der Waals surface area contributed by atoms with E-state index in [9.17, 15) is 4.39 Å². The van der Waals surface area contributed by atoms with Crippen LogP contribution in [-0.2, 0) is 13.1 Å². The largest absolute Gasteiger partial charge is 0.378 e. The first-order valence-electron chi connectivity index (χ1n) is 6.13. The second kappa shape index (κ2) is 6.31. The third-order valence-corrected chi connectivity index (χ3v) is 3.37. The van der Waals surface area contributed by atoms with E-state index in [0.29, 0.717) is 12.2 Å². The van der Waals surface area contributed by atoms with Crippen molar-refractivity contribution in [3.05, 3.63) is 52.0 Å². The Balaban J connectivity index is 2.05. The molecule has 1 heterocycles. The summed E-state index contributed by atoms with van der Waals surface area (Å²) >= 11 is 11.9. The van der Waals surface area contributed by atoms with E-state index in [0.717, 1.165) is 18.5 Å². The molecule has 0 amide bonds. The number of aromatic nitrogens is 1. The fourth-order valence-electron chi connectivity index (χ4n) is 1.89. The smallest absolute Gasteiger partial charge is 0.126 e. The maximum absolute atomic E-state index is 13.1. The Morgan fingerprint density at radius 2 is 1.95 bits per heavy atom. The van der Waals surface area contributed by atoms with Crippen molar-refractivity contribution < 1.29 is 4.39 Å². The zero-order valence-corrected chi connectivity index (χ0v) is 12.1. The van der Waals surface area contributed by atoms with Crippen LogP contribution in [0.4, 0.5) is 10.1 Å². The van der Waals surface area contributed by atoms with Crippen molar-refractivity contribution in [3.8, 4) is 0 Å². The van der Waals surface area contributed by atoms with Gasteiger partial charge in [-0.2, -0.15) is 0 Å². The molecule has 0 saturated carbocycles. The van der Waals surface area contributed by atoms with Gasteiger partial charge in [-0.3, -0.25) is 0 Å². The van der Waals surface area contributed by atoms with Crippen LogP contribution in [-0.4, -0.2) is 4.57 Å². The van der Waals surface area contributed by atoms with Gasteiger partial charge < -0.3 is 9.88 Å². The average molecular weight is 301 g/mol. The van der Waals surface area contributed by atoms with Gasteiger partial charge >= 0.3 is 0 Å². The minimum Gasteiger partial charge on any atom is -0.378 e. The molecule has 102 valence electrons. The van der Waals surface area contributed by atoms with E-state index in [1.54, 1.807) is 0 Å². The maximum Gasteiger partial charge on any atom is 0.126 e. The van der Waals surface area contributed by atoms with Gasteiger partial charge in [-0.15, -0.1) is 0 Å². The number of hydrogen-bond acceptors (Lipinski definition) is 1. The first-order valence-corrected chi connectivity index (χ1v) is 6.89. The molecule has 1 N–H and O–H groups in total. The monoisotopic (exact) mass is 300 g/mol. The lowest BCUT2D eigenvalue weighted by atomic mass is 10.3. The summed E-state index contributed by atoms with van der Waals surface area (Å²) in [5, 5.41) is 3.72. The molecule has 0 aliphatic rings. The van der Waals surface area contributed by atoms with Crippen LogP contribution in [0.2, 0.25) is 10.0 Å². The van der Waals surface area contributed by atoms with Gasteiger partial charge in [0.15, 0.2) is 0 Å². The summed E-state index contributed by atoms with van der Waals surface area (Å²) < 4.78 is 15.2. The fourth-order valence-corrected chi connectivity index (χ4v) is 2.49. The number of anilines is 1. The molecular formula is C14H15Cl2FN2. The molecule has 1 aromatic carbocycles. The highest BCUT2D eigenvalue weighted by atomic mass is 35.5. The molecule has 0 radical (unpaired) electrons. The maximum atomic E-state index is 13.1. The Kier molecular flexibility index (Phi) is 4.72. The molecular weight excluding hydrogens is 286 g/mol. The van der Waals surface area contributed by atoms with Gasteiger partial charge in [0.2, 0.25) is 0 Å². The van der Waals surface area contributed by atoms with Crippen LogP contribution in [0.25, 0.3) is 0 Å². The molecule has 5 heteroatoms. The summed E-state index contributed by atoms with van der Waals surface area (Å²) in [6.45, 7) is 3.73. The lowest BCUT2D eigenvalue weighted by molar-refractivity contribution is 0.628. The standard InChI is InChI=1S/C14H15Cl2FN2/c1-2-4-19-5-3-10(9-19)8-18-14-12(15)6-11(17)7-13(14)16/h3,5-7,9,18H,2,4,8H2,1H3. The van der Waals surface area contributed by atoms with Crippen LogP contribution in [0, 0.1) is 5.82 Å². The third-order valence-electron chi connectivity index (χ3n) is 2.77. The molecule has 2 nitrogen and oxygen atoms in total. The summed E-state index contributed by atoms with van der Waals surface area (Å²) in [5.74, 6) is -0.436. The third kappa shape index (κ3) is 3.64. The highest BCUT2D eigenvalue weighted by Gasteiger charge is 2.08. The molecule has 0 aliphatic heterocycles. The van der Waals surface area contributed by atoms with Crippen LogP contribution in [0.15, 0.2) is 30.6 Å². The van der Waals surface area contributed by atoms with Gasteiger partial charge in [-0.05, 0) is 30.2 Å². The number of aryl methyl sites for hydroxylation is 1. The molecule has 0 fully saturated rings. The molecule has 2 rings (SSSR count). The lowest BCUT2D eigenvalue weighted by Crippen LogP contribution is -2.00. The topological polar surface area (TPSA) is 17.0 Å². The number of nitrogens with one attached hydrogen (secondary N) is 1. The molecule has 0 atom stereocenters. The molecule has 2 aromatic rings. The number of hydrogen-bond donors (Lipinski definition) is 1. The van der Waals surface area contributed by atoms with Crippen LogP contribution in [0.5, 0.6) is 0 Å². The number of nitrogens with zero attached hydrogens (tertiary/aromatic N) is 1. The molecule has 0 unspecified atom stereocenters. The predicted octanol–water partition coefficient (Wildman–Crippen LogP) is 4.96. The van der Waals surface area contributed by atoms with Crippen molar-refractivity contribution in [1.29, 1.82) is 0 Å². The van der Waals surface area contributed by atoms with Crippen LogP contribution < -0.4 is 5.32 Å². The van der Waals surface area contributed by atoms with E-state index in [1.807, 2.05) is 12.3 Å². The fraction of sp³-hybridized carbons (Fsp3) is 0.286. The van der Waals surface area contributed by atoms with Gasteiger partial charge in [0.25, 0.3) is 0 Å². The summed E-state index contributed by atoms with van der Waals surface area (Å²) in [7, 11) is 0. The highest BCUT2D eigenvalue weighted by Crippen LogP contribution is 2.31. The van der Waals surface area contributed by atoms with Gasteiger partial charge in [0.1, 0.15) is 5.82 Å². The van der Waals surface area contributed by atoms with Crippen LogP contribution >= 0.6 is 23.2 Å². The molecule has 19 heavy (non-hydrogen) atoms. The van der Waals surface area contributed by atoms with E-state index in [2.05, 4.69) is 23.0 Å². The molecule has 0 spiro atoms. The quantitative estimate of drug-likeness (QED) is 0.826. The van der Waals surface area contributed by atoms with Crippen molar-refractivity contribution in [1.82, 2.24) is 4.57 Å². The van der Waals surface area contributed by atoms with Crippen LogP contribution in [0.3, 0.4) is 0 Å². The van der Waals surface area contributed by atoms with Crippen molar-refractivity contribution in [2.75, 3.05) is 5.32 Å². The zero-order chi connectivity index (χ0) is 13.8. The number of benzene rings is 1. The first-order chi connectivity index (χ1) is 9.10.